The number of aromatic nitrogens is 1. The van der Waals surface area contributed by atoms with E-state index in [9.17, 15) is 4.79 Å². The van der Waals surface area contributed by atoms with Crippen molar-refractivity contribution in [1.82, 2.24) is 14.8 Å². The molecule has 2 aromatic carbocycles. The molecule has 3 heterocycles. The first kappa shape index (κ1) is 22.0. The molecule has 3 aromatic rings. The maximum atomic E-state index is 13.6. The van der Waals surface area contributed by atoms with Crippen molar-refractivity contribution >= 4 is 22.5 Å². The van der Waals surface area contributed by atoms with Crippen LogP contribution in [0.1, 0.15) is 43.6 Å². The first-order chi connectivity index (χ1) is 16.3. The molecular formula is C28H36N4O. The van der Waals surface area contributed by atoms with Crippen molar-refractivity contribution in [2.24, 2.45) is 0 Å². The minimum atomic E-state index is -0.0315. The molecule has 2 aliphatic rings. The van der Waals surface area contributed by atoms with Crippen molar-refractivity contribution < 1.29 is 4.79 Å². The summed E-state index contributed by atoms with van der Waals surface area (Å²) in [7, 11) is 0. The van der Waals surface area contributed by atoms with Gasteiger partial charge in [-0.1, -0.05) is 49.2 Å². The Balaban J connectivity index is 1.22. The molecule has 33 heavy (non-hydrogen) atoms. The van der Waals surface area contributed by atoms with E-state index in [4.69, 9.17) is 0 Å². The van der Waals surface area contributed by atoms with E-state index in [0.717, 1.165) is 65.1 Å². The first-order valence-corrected chi connectivity index (χ1v) is 12.7. The van der Waals surface area contributed by atoms with Gasteiger partial charge < -0.3 is 14.8 Å². The van der Waals surface area contributed by atoms with E-state index in [0.29, 0.717) is 5.91 Å². The molecule has 1 amide bonds. The van der Waals surface area contributed by atoms with Gasteiger partial charge in [0.15, 0.2) is 0 Å². The van der Waals surface area contributed by atoms with E-state index in [1.807, 2.05) is 12.3 Å². The summed E-state index contributed by atoms with van der Waals surface area (Å²) in [6.45, 7) is 6.96. The third-order valence-electron chi connectivity index (χ3n) is 7.44. The van der Waals surface area contributed by atoms with Crippen LogP contribution in [0.3, 0.4) is 0 Å². The number of nitrogens with one attached hydrogen (secondary N) is 1. The number of rotatable bonds is 6. The minimum Gasteiger partial charge on any atom is -0.368 e. The van der Waals surface area contributed by atoms with Crippen molar-refractivity contribution in [3.63, 3.8) is 0 Å². The van der Waals surface area contributed by atoms with Crippen molar-refractivity contribution in [1.29, 1.82) is 0 Å². The molecule has 1 N–H and O–H groups in total. The molecule has 5 rings (SSSR count). The normalized spacial score (nSPS) is 18.9. The molecule has 0 aliphatic carbocycles. The number of fused-ring (bicyclic) bond motifs is 1. The van der Waals surface area contributed by atoms with Crippen LogP contribution in [0, 0.1) is 0 Å². The third-order valence-corrected chi connectivity index (χ3v) is 7.44. The van der Waals surface area contributed by atoms with Gasteiger partial charge in [-0.2, -0.15) is 0 Å². The summed E-state index contributed by atoms with van der Waals surface area (Å²) in [6, 6.07) is 19.1. The number of nitrogens with zero attached hydrogens (tertiary/aromatic N) is 3. The zero-order valence-electron chi connectivity index (χ0n) is 19.6. The van der Waals surface area contributed by atoms with Gasteiger partial charge in [0.2, 0.25) is 5.91 Å². The predicted molar refractivity (Wildman–Crippen MR) is 136 cm³/mol. The van der Waals surface area contributed by atoms with Crippen molar-refractivity contribution in [2.45, 2.75) is 38.0 Å². The molecule has 0 spiro atoms. The van der Waals surface area contributed by atoms with Crippen LogP contribution in [0.5, 0.6) is 0 Å². The molecule has 0 bridgehead atoms. The standard InChI is InChI=1S/C28H36N4O/c33-28(32-16-6-1-2-7-17-32)24(23-9-4-3-5-10-23)14-18-30-19-21-31(22-20-30)27-12-8-11-26-25(27)13-15-29-26/h3-5,8-13,15,24,29H,1-2,6-7,14,16-22H2. The lowest BCUT2D eigenvalue weighted by Crippen LogP contribution is -2.47. The Morgan fingerprint density at radius 1 is 0.818 bits per heavy atom. The third kappa shape index (κ3) is 5.09. The van der Waals surface area contributed by atoms with Gasteiger partial charge in [0.05, 0.1) is 5.92 Å². The monoisotopic (exact) mass is 444 g/mol. The minimum absolute atomic E-state index is 0.0315. The van der Waals surface area contributed by atoms with Gasteiger partial charge in [0, 0.05) is 62.1 Å². The second-order valence-corrected chi connectivity index (χ2v) is 9.54. The number of hydrogen-bond acceptors (Lipinski definition) is 3. The molecule has 5 heteroatoms. The number of benzene rings is 2. The summed E-state index contributed by atoms with van der Waals surface area (Å²) in [5.41, 5.74) is 3.70. The van der Waals surface area contributed by atoms with Gasteiger partial charge in [-0.05, 0) is 49.6 Å². The van der Waals surface area contributed by atoms with Gasteiger partial charge in [-0.3, -0.25) is 9.69 Å². The summed E-state index contributed by atoms with van der Waals surface area (Å²) < 4.78 is 0. The van der Waals surface area contributed by atoms with Crippen LogP contribution in [0.4, 0.5) is 5.69 Å². The average Bonchev–Trinajstić information content (AvgIpc) is 3.19. The van der Waals surface area contributed by atoms with Gasteiger partial charge in [0.1, 0.15) is 0 Å². The lowest BCUT2D eigenvalue weighted by atomic mass is 9.93. The molecule has 2 fully saturated rings. The Morgan fingerprint density at radius 2 is 1.58 bits per heavy atom. The highest BCUT2D eigenvalue weighted by Gasteiger charge is 2.27. The SMILES string of the molecule is O=C(C(CCN1CCN(c2cccc3[nH]ccc23)CC1)c1ccccc1)N1CCCCCC1. The van der Waals surface area contributed by atoms with E-state index in [-0.39, 0.29) is 5.92 Å². The summed E-state index contributed by atoms with van der Waals surface area (Å²) in [5.74, 6) is 0.303. The van der Waals surface area contributed by atoms with Crippen molar-refractivity contribution in [2.75, 3.05) is 50.7 Å². The Bertz CT molecular complexity index is 1030. The molecule has 1 unspecified atom stereocenters. The summed E-state index contributed by atoms with van der Waals surface area (Å²) in [4.78, 5) is 24.1. The lowest BCUT2D eigenvalue weighted by molar-refractivity contribution is -0.133. The molecule has 1 aromatic heterocycles. The van der Waals surface area contributed by atoms with Gasteiger partial charge in [0.25, 0.3) is 0 Å². The Hall–Kier alpha value is -2.79. The summed E-state index contributed by atoms with van der Waals surface area (Å²) in [6.07, 6.45) is 7.70. The number of H-pyrrole nitrogens is 1. The predicted octanol–water partition coefficient (Wildman–Crippen LogP) is 4.87. The average molecular weight is 445 g/mol. The zero-order chi connectivity index (χ0) is 22.5. The number of piperazine rings is 1. The maximum absolute atomic E-state index is 13.6. The molecule has 0 saturated carbocycles. The number of carbonyl (C=O) groups is 1. The smallest absolute Gasteiger partial charge is 0.230 e. The number of carbonyl (C=O) groups excluding carboxylic acids is 1. The maximum Gasteiger partial charge on any atom is 0.230 e. The second kappa shape index (κ2) is 10.4. The van der Waals surface area contributed by atoms with Gasteiger partial charge >= 0.3 is 0 Å². The van der Waals surface area contributed by atoms with Crippen LogP contribution in [0.2, 0.25) is 0 Å². The van der Waals surface area contributed by atoms with E-state index in [1.165, 1.54) is 35.0 Å². The molecule has 0 radical (unpaired) electrons. The molecule has 2 saturated heterocycles. The first-order valence-electron chi connectivity index (χ1n) is 12.7. The van der Waals surface area contributed by atoms with Crippen LogP contribution in [0.15, 0.2) is 60.8 Å². The Kier molecular flexibility index (Phi) is 6.96. The summed E-state index contributed by atoms with van der Waals surface area (Å²) in [5, 5.41) is 1.30. The molecule has 5 nitrogen and oxygen atoms in total. The van der Waals surface area contributed by atoms with Crippen LogP contribution in [0.25, 0.3) is 10.9 Å². The van der Waals surface area contributed by atoms with E-state index < -0.39 is 0 Å². The van der Waals surface area contributed by atoms with Gasteiger partial charge in [-0.25, -0.2) is 0 Å². The quantitative estimate of drug-likeness (QED) is 0.590. The van der Waals surface area contributed by atoms with Crippen LogP contribution >= 0.6 is 0 Å². The fraction of sp³-hybridized carbons (Fsp3) is 0.464. The molecule has 2 aliphatic heterocycles. The number of amides is 1. The number of likely N-dealkylation sites (tertiary alicyclic amines) is 1. The molecule has 174 valence electrons. The Labute approximate surface area is 197 Å². The molecular weight excluding hydrogens is 408 g/mol. The van der Waals surface area contributed by atoms with Crippen LogP contribution < -0.4 is 4.90 Å². The zero-order valence-corrected chi connectivity index (χ0v) is 19.6. The summed E-state index contributed by atoms with van der Waals surface area (Å²) >= 11 is 0. The topological polar surface area (TPSA) is 42.6 Å². The number of aromatic amines is 1. The van der Waals surface area contributed by atoms with E-state index in [2.05, 4.69) is 68.2 Å². The van der Waals surface area contributed by atoms with Crippen molar-refractivity contribution in [3.8, 4) is 0 Å². The van der Waals surface area contributed by atoms with Crippen LogP contribution in [-0.4, -0.2) is 66.5 Å². The van der Waals surface area contributed by atoms with Gasteiger partial charge in [-0.15, -0.1) is 0 Å². The Morgan fingerprint density at radius 3 is 2.33 bits per heavy atom. The highest BCUT2D eigenvalue weighted by molar-refractivity contribution is 5.92. The van der Waals surface area contributed by atoms with Crippen molar-refractivity contribution in [3.05, 3.63) is 66.4 Å². The highest BCUT2D eigenvalue weighted by atomic mass is 16.2. The van der Waals surface area contributed by atoms with Crippen LogP contribution in [-0.2, 0) is 4.79 Å². The number of hydrogen-bond donors (Lipinski definition) is 1. The second-order valence-electron chi connectivity index (χ2n) is 9.54. The largest absolute Gasteiger partial charge is 0.368 e. The van der Waals surface area contributed by atoms with E-state index in [1.54, 1.807) is 0 Å². The molecule has 1 atom stereocenters. The number of anilines is 1. The lowest BCUT2D eigenvalue weighted by Gasteiger charge is -2.37. The fourth-order valence-corrected chi connectivity index (χ4v) is 5.50. The highest BCUT2D eigenvalue weighted by Crippen LogP contribution is 2.28. The fourth-order valence-electron chi connectivity index (χ4n) is 5.50. The van der Waals surface area contributed by atoms with E-state index >= 15 is 0 Å².